The van der Waals surface area contributed by atoms with Gasteiger partial charge in [0, 0.05) is 19.3 Å². The minimum Gasteiger partial charge on any atom is -0.491 e. The molecule has 1 aliphatic rings. The summed E-state index contributed by atoms with van der Waals surface area (Å²) < 4.78 is 6.86. The number of aryl methyl sites for hydroxylation is 1. The second kappa shape index (κ2) is 8.78. The van der Waals surface area contributed by atoms with Crippen LogP contribution in [0.3, 0.4) is 0 Å². The van der Waals surface area contributed by atoms with Crippen LogP contribution in [0.15, 0.2) is 54.0 Å². The number of aromatic nitrogens is 1. The molecule has 0 radical (unpaired) electrons. The zero-order valence-corrected chi connectivity index (χ0v) is 16.4. The Bertz CT molecular complexity index is 919. The molecule has 0 spiro atoms. The van der Waals surface area contributed by atoms with Gasteiger partial charge in [0.2, 0.25) is 5.43 Å². The van der Waals surface area contributed by atoms with Gasteiger partial charge in [0.05, 0.1) is 13.2 Å². The maximum atomic E-state index is 12.5. The number of methoxy groups -OCH3 is 1. The van der Waals surface area contributed by atoms with E-state index in [2.05, 4.69) is 35.5 Å². The molecular weight excluding hydrogens is 354 g/mol. The van der Waals surface area contributed by atoms with Gasteiger partial charge in [-0.05, 0) is 42.7 Å². The molecule has 1 heterocycles. The number of rotatable bonds is 7. The van der Waals surface area contributed by atoms with Crippen LogP contribution in [-0.4, -0.2) is 24.7 Å². The average Bonchev–Trinajstić information content (AvgIpc) is 2.73. The third-order valence-corrected chi connectivity index (χ3v) is 5.37. The first-order valence-electron chi connectivity index (χ1n) is 9.57. The van der Waals surface area contributed by atoms with Gasteiger partial charge in [-0.1, -0.05) is 30.3 Å². The monoisotopic (exact) mass is 381 g/mol. The molecule has 0 bridgehead atoms. The van der Waals surface area contributed by atoms with Crippen LogP contribution in [-0.2, 0) is 6.42 Å². The molecule has 148 valence electrons. The van der Waals surface area contributed by atoms with E-state index in [0.717, 1.165) is 25.7 Å². The van der Waals surface area contributed by atoms with Gasteiger partial charge in [-0.3, -0.25) is 14.3 Å². The summed E-state index contributed by atoms with van der Waals surface area (Å²) in [6, 6.07) is 9.80. The highest BCUT2D eigenvalue weighted by molar-refractivity contribution is 5.95. The minimum absolute atomic E-state index is 0.0144. The largest absolute Gasteiger partial charge is 0.491 e. The standard InChI is InChI=1S/C22H27N3O3/c1-4-5-8-16-12-11-15-9-6-7-10-17(15)19(16)24-25-14-13-18(26)21(28-3)20(25)22(27)23-2/h4,6-7,9-10,13-14,16,19,24H,1,5,8,11-12H2,2-3H3,(H,23,27). The molecule has 28 heavy (non-hydrogen) atoms. The molecular formula is C22H27N3O3. The fourth-order valence-electron chi connectivity index (χ4n) is 3.95. The van der Waals surface area contributed by atoms with E-state index in [1.54, 1.807) is 10.9 Å². The quantitative estimate of drug-likeness (QED) is 0.723. The summed E-state index contributed by atoms with van der Waals surface area (Å²) in [5, 5.41) is 2.59. The second-order valence-corrected chi connectivity index (χ2v) is 6.98. The highest BCUT2D eigenvalue weighted by atomic mass is 16.5. The predicted octanol–water partition coefficient (Wildman–Crippen LogP) is 3.03. The molecule has 6 heteroatoms. The maximum Gasteiger partial charge on any atom is 0.273 e. The maximum absolute atomic E-state index is 12.5. The lowest BCUT2D eigenvalue weighted by Crippen LogP contribution is -2.36. The Kier molecular flexibility index (Phi) is 6.19. The smallest absolute Gasteiger partial charge is 0.273 e. The van der Waals surface area contributed by atoms with Crippen molar-refractivity contribution in [3.05, 3.63) is 76.2 Å². The fraction of sp³-hybridized carbons (Fsp3) is 0.364. The lowest BCUT2D eigenvalue weighted by Gasteiger charge is -2.36. The number of hydrogen-bond donors (Lipinski definition) is 2. The Labute approximate surface area is 165 Å². The van der Waals surface area contributed by atoms with Crippen molar-refractivity contribution in [3.8, 4) is 5.75 Å². The van der Waals surface area contributed by atoms with Crippen molar-refractivity contribution < 1.29 is 9.53 Å². The highest BCUT2D eigenvalue weighted by Gasteiger charge is 2.30. The van der Waals surface area contributed by atoms with Crippen LogP contribution >= 0.6 is 0 Å². The van der Waals surface area contributed by atoms with E-state index in [1.807, 2.05) is 12.1 Å². The number of carbonyl (C=O) groups excluding carboxylic acids is 1. The van der Waals surface area contributed by atoms with Crippen LogP contribution in [0.1, 0.15) is 46.9 Å². The number of allylic oxidation sites excluding steroid dienone is 1. The summed E-state index contributed by atoms with van der Waals surface area (Å²) in [6.45, 7) is 3.85. The van der Waals surface area contributed by atoms with Gasteiger partial charge in [0.1, 0.15) is 0 Å². The molecule has 0 saturated carbocycles. The molecule has 6 nitrogen and oxygen atoms in total. The molecule has 0 saturated heterocycles. The second-order valence-electron chi connectivity index (χ2n) is 6.98. The summed E-state index contributed by atoms with van der Waals surface area (Å²) in [4.78, 5) is 24.7. The Morgan fingerprint density at radius 1 is 1.36 bits per heavy atom. The Morgan fingerprint density at radius 2 is 2.14 bits per heavy atom. The molecule has 2 N–H and O–H groups in total. The third-order valence-electron chi connectivity index (χ3n) is 5.37. The molecule has 0 aliphatic heterocycles. The van der Waals surface area contributed by atoms with E-state index >= 15 is 0 Å². The fourth-order valence-corrected chi connectivity index (χ4v) is 3.95. The molecule has 1 aliphatic carbocycles. The van der Waals surface area contributed by atoms with Crippen molar-refractivity contribution in [3.63, 3.8) is 0 Å². The van der Waals surface area contributed by atoms with E-state index < -0.39 is 0 Å². The average molecular weight is 381 g/mol. The van der Waals surface area contributed by atoms with Gasteiger partial charge in [-0.25, -0.2) is 0 Å². The lowest BCUT2D eigenvalue weighted by molar-refractivity contribution is 0.0950. The Hall–Kier alpha value is -3.02. The topological polar surface area (TPSA) is 72.4 Å². The van der Waals surface area contributed by atoms with Crippen molar-refractivity contribution in [2.24, 2.45) is 5.92 Å². The first kappa shape index (κ1) is 19.7. The molecule has 2 atom stereocenters. The number of pyridine rings is 1. The summed E-state index contributed by atoms with van der Waals surface area (Å²) in [7, 11) is 2.93. The first-order valence-corrected chi connectivity index (χ1v) is 9.57. The molecule has 1 aromatic carbocycles. The number of benzene rings is 1. The van der Waals surface area contributed by atoms with Crippen LogP contribution in [0, 0.1) is 5.92 Å². The first-order chi connectivity index (χ1) is 13.6. The van der Waals surface area contributed by atoms with Crippen LogP contribution < -0.4 is 20.9 Å². The Balaban J connectivity index is 2.06. The van der Waals surface area contributed by atoms with Crippen LogP contribution in [0.25, 0.3) is 0 Å². The number of nitrogens with zero attached hydrogens (tertiary/aromatic N) is 1. The van der Waals surface area contributed by atoms with Crippen molar-refractivity contribution in [2.45, 2.75) is 31.7 Å². The highest BCUT2D eigenvalue weighted by Crippen LogP contribution is 2.38. The van der Waals surface area contributed by atoms with Gasteiger partial charge in [-0.2, -0.15) is 0 Å². The summed E-state index contributed by atoms with van der Waals surface area (Å²) in [5.74, 6) is 0.0331. The van der Waals surface area contributed by atoms with Gasteiger partial charge in [0.25, 0.3) is 5.91 Å². The summed E-state index contributed by atoms with van der Waals surface area (Å²) in [5.41, 5.74) is 5.86. The van der Waals surface area contributed by atoms with Crippen molar-refractivity contribution in [2.75, 3.05) is 19.6 Å². The number of carbonyl (C=O) groups is 1. The van der Waals surface area contributed by atoms with Crippen molar-refractivity contribution in [1.29, 1.82) is 0 Å². The normalized spacial score (nSPS) is 18.1. The number of ether oxygens (including phenoxy) is 1. The summed E-state index contributed by atoms with van der Waals surface area (Å²) >= 11 is 0. The zero-order valence-electron chi connectivity index (χ0n) is 16.4. The minimum atomic E-state index is -0.381. The summed E-state index contributed by atoms with van der Waals surface area (Å²) in [6.07, 6.45) is 7.55. The SMILES string of the molecule is C=CCCC1CCc2ccccc2C1Nn1ccc(=O)c(OC)c1C(=O)NC. The van der Waals surface area contributed by atoms with E-state index in [9.17, 15) is 9.59 Å². The number of nitrogens with one attached hydrogen (secondary N) is 2. The van der Waals surface area contributed by atoms with Crippen molar-refractivity contribution in [1.82, 2.24) is 9.99 Å². The zero-order chi connectivity index (χ0) is 20.1. The van der Waals surface area contributed by atoms with Gasteiger partial charge < -0.3 is 15.5 Å². The van der Waals surface area contributed by atoms with Crippen LogP contribution in [0.2, 0.25) is 0 Å². The van der Waals surface area contributed by atoms with Crippen molar-refractivity contribution >= 4 is 5.91 Å². The van der Waals surface area contributed by atoms with E-state index in [0.29, 0.717) is 5.92 Å². The molecule has 3 rings (SSSR count). The van der Waals surface area contributed by atoms with Gasteiger partial charge in [-0.15, -0.1) is 6.58 Å². The van der Waals surface area contributed by atoms with Crippen LogP contribution in [0.4, 0.5) is 0 Å². The van der Waals surface area contributed by atoms with E-state index in [4.69, 9.17) is 4.74 Å². The lowest BCUT2D eigenvalue weighted by atomic mass is 9.78. The number of amides is 1. The molecule has 1 aromatic heterocycles. The van der Waals surface area contributed by atoms with Gasteiger partial charge >= 0.3 is 0 Å². The molecule has 2 unspecified atom stereocenters. The number of hydrogen-bond acceptors (Lipinski definition) is 4. The molecule has 1 amide bonds. The Morgan fingerprint density at radius 3 is 2.86 bits per heavy atom. The molecule has 2 aromatic rings. The van der Waals surface area contributed by atoms with E-state index in [1.165, 1.54) is 31.4 Å². The van der Waals surface area contributed by atoms with E-state index in [-0.39, 0.29) is 28.8 Å². The predicted molar refractivity (Wildman–Crippen MR) is 110 cm³/mol. The number of fused-ring (bicyclic) bond motifs is 1. The third kappa shape index (κ3) is 3.81. The molecule has 0 fully saturated rings. The van der Waals surface area contributed by atoms with Gasteiger partial charge in [0.15, 0.2) is 11.4 Å². The van der Waals surface area contributed by atoms with Crippen LogP contribution in [0.5, 0.6) is 5.75 Å².